The van der Waals surface area contributed by atoms with Gasteiger partial charge in [-0.1, -0.05) is 36.4 Å². The van der Waals surface area contributed by atoms with Crippen molar-refractivity contribution in [1.82, 2.24) is 5.32 Å². The number of anilines is 1. The van der Waals surface area contributed by atoms with Gasteiger partial charge in [-0.3, -0.25) is 14.4 Å². The van der Waals surface area contributed by atoms with Crippen molar-refractivity contribution >= 4 is 35.4 Å². The van der Waals surface area contributed by atoms with Gasteiger partial charge in [0.05, 0.1) is 28.4 Å². The van der Waals surface area contributed by atoms with Crippen molar-refractivity contribution in [2.24, 2.45) is 0 Å². The molecule has 0 fully saturated rings. The first kappa shape index (κ1) is 31.1. The van der Waals surface area contributed by atoms with Gasteiger partial charge in [-0.15, -0.1) is 0 Å². The van der Waals surface area contributed by atoms with Crippen molar-refractivity contribution in [2.75, 3.05) is 33.8 Å². The lowest BCUT2D eigenvalue weighted by atomic mass is 10.1. The Morgan fingerprint density at radius 2 is 1.18 bits per heavy atom. The van der Waals surface area contributed by atoms with Gasteiger partial charge in [-0.05, 0) is 83.9 Å². The Balaban J connectivity index is 1.52. The fourth-order valence-electron chi connectivity index (χ4n) is 4.19. The number of amides is 2. The zero-order valence-electron chi connectivity index (χ0n) is 24.8. The van der Waals surface area contributed by atoms with Crippen molar-refractivity contribution in [3.05, 3.63) is 125 Å². The van der Waals surface area contributed by atoms with Crippen molar-refractivity contribution in [3.8, 4) is 23.0 Å². The van der Waals surface area contributed by atoms with Gasteiger partial charge < -0.3 is 29.6 Å². The van der Waals surface area contributed by atoms with Crippen LogP contribution in [-0.4, -0.2) is 46.0 Å². The molecule has 0 bridgehead atoms. The standard InChI is InChI=1S/C35H32N2O7/c1-41-30-18-11-23(21-32(30)43-3)10-17-29(38)25-13-15-27(16-14-25)36-35(40)28(37-34(39)26-8-6-5-7-9-26)20-24-12-19-31(42-2)33(22-24)44-4/h5-22H,1-4H3,(H,36,40)(H,37,39)/b17-10+,28-20-. The number of hydrogen-bond acceptors (Lipinski definition) is 7. The molecule has 0 saturated carbocycles. The second-order valence-corrected chi connectivity index (χ2v) is 9.34. The van der Waals surface area contributed by atoms with Gasteiger partial charge in [0.2, 0.25) is 0 Å². The molecule has 2 amide bonds. The van der Waals surface area contributed by atoms with Gasteiger partial charge in [-0.2, -0.15) is 0 Å². The summed E-state index contributed by atoms with van der Waals surface area (Å²) in [6.07, 6.45) is 4.67. The SMILES string of the molecule is COc1ccc(/C=C(\NC(=O)c2ccccc2)C(=O)Nc2ccc(C(=O)/C=C/c3ccc(OC)c(OC)c3)cc2)cc1OC. The minimum absolute atomic E-state index is 0.00378. The molecule has 4 aromatic carbocycles. The minimum Gasteiger partial charge on any atom is -0.493 e. The van der Waals surface area contributed by atoms with Gasteiger partial charge in [-0.25, -0.2) is 0 Å². The third-order valence-electron chi connectivity index (χ3n) is 6.51. The van der Waals surface area contributed by atoms with Crippen LogP contribution in [0.3, 0.4) is 0 Å². The first-order chi connectivity index (χ1) is 21.3. The summed E-state index contributed by atoms with van der Waals surface area (Å²) in [5, 5.41) is 5.49. The molecule has 0 aliphatic heterocycles. The maximum atomic E-state index is 13.4. The average Bonchev–Trinajstić information content (AvgIpc) is 3.07. The summed E-state index contributed by atoms with van der Waals surface area (Å²) in [6, 6.07) is 25.5. The lowest BCUT2D eigenvalue weighted by Gasteiger charge is -2.13. The van der Waals surface area contributed by atoms with Crippen LogP contribution in [0, 0.1) is 0 Å². The van der Waals surface area contributed by atoms with Crippen LogP contribution < -0.4 is 29.6 Å². The third-order valence-corrected chi connectivity index (χ3v) is 6.51. The lowest BCUT2D eigenvalue weighted by Crippen LogP contribution is -2.30. The van der Waals surface area contributed by atoms with E-state index in [1.807, 2.05) is 6.07 Å². The van der Waals surface area contributed by atoms with Crippen LogP contribution in [0.15, 0.2) is 103 Å². The molecular weight excluding hydrogens is 560 g/mol. The Kier molecular flexibility index (Phi) is 10.5. The van der Waals surface area contributed by atoms with Crippen molar-refractivity contribution < 1.29 is 33.3 Å². The van der Waals surface area contributed by atoms with Gasteiger partial charge in [0.1, 0.15) is 5.70 Å². The third kappa shape index (κ3) is 7.92. The van der Waals surface area contributed by atoms with E-state index >= 15 is 0 Å². The Bertz CT molecular complexity index is 1690. The molecule has 0 spiro atoms. The van der Waals surface area contributed by atoms with E-state index in [1.54, 1.807) is 105 Å². The van der Waals surface area contributed by atoms with E-state index in [-0.39, 0.29) is 11.5 Å². The lowest BCUT2D eigenvalue weighted by molar-refractivity contribution is -0.113. The number of ketones is 1. The van der Waals surface area contributed by atoms with E-state index in [9.17, 15) is 14.4 Å². The number of rotatable bonds is 12. The van der Waals surface area contributed by atoms with Crippen LogP contribution in [-0.2, 0) is 4.79 Å². The van der Waals surface area contributed by atoms with E-state index in [0.29, 0.717) is 45.4 Å². The molecule has 44 heavy (non-hydrogen) atoms. The molecule has 2 N–H and O–H groups in total. The smallest absolute Gasteiger partial charge is 0.272 e. The molecule has 0 unspecified atom stereocenters. The molecule has 0 saturated heterocycles. The highest BCUT2D eigenvalue weighted by Gasteiger charge is 2.16. The van der Waals surface area contributed by atoms with Gasteiger partial charge in [0, 0.05) is 16.8 Å². The van der Waals surface area contributed by atoms with Crippen molar-refractivity contribution in [1.29, 1.82) is 0 Å². The van der Waals surface area contributed by atoms with Gasteiger partial charge in [0.25, 0.3) is 11.8 Å². The molecule has 4 rings (SSSR count). The summed E-state index contributed by atoms with van der Waals surface area (Å²) in [4.78, 5) is 39.1. The molecule has 0 heterocycles. The van der Waals surface area contributed by atoms with Crippen LogP contribution in [0.5, 0.6) is 23.0 Å². The predicted octanol–water partition coefficient (Wildman–Crippen LogP) is 6.03. The first-order valence-electron chi connectivity index (χ1n) is 13.5. The summed E-state index contributed by atoms with van der Waals surface area (Å²) in [5.41, 5.74) is 2.63. The number of methoxy groups -OCH3 is 4. The molecule has 9 heteroatoms. The Hall–Kier alpha value is -5.83. The summed E-state index contributed by atoms with van der Waals surface area (Å²) < 4.78 is 21.2. The second-order valence-electron chi connectivity index (χ2n) is 9.34. The van der Waals surface area contributed by atoms with Crippen LogP contribution >= 0.6 is 0 Å². The molecule has 0 aliphatic carbocycles. The normalized spacial score (nSPS) is 11.0. The fraction of sp³-hybridized carbons (Fsp3) is 0.114. The predicted molar refractivity (Wildman–Crippen MR) is 169 cm³/mol. The van der Waals surface area contributed by atoms with Crippen LogP contribution in [0.4, 0.5) is 5.69 Å². The van der Waals surface area contributed by atoms with E-state index in [0.717, 1.165) is 5.56 Å². The molecule has 224 valence electrons. The maximum Gasteiger partial charge on any atom is 0.272 e. The number of carbonyl (C=O) groups is 3. The molecule has 0 aliphatic rings. The van der Waals surface area contributed by atoms with E-state index in [2.05, 4.69) is 10.6 Å². The molecular formula is C35H32N2O7. The van der Waals surface area contributed by atoms with Crippen molar-refractivity contribution in [2.45, 2.75) is 0 Å². The monoisotopic (exact) mass is 592 g/mol. The van der Waals surface area contributed by atoms with E-state index in [1.165, 1.54) is 26.4 Å². The fourth-order valence-corrected chi connectivity index (χ4v) is 4.19. The Morgan fingerprint density at radius 3 is 1.77 bits per heavy atom. The molecule has 0 aromatic heterocycles. The highest BCUT2D eigenvalue weighted by atomic mass is 16.5. The Labute approximate surface area is 255 Å². The first-order valence-corrected chi connectivity index (χ1v) is 13.5. The van der Waals surface area contributed by atoms with Crippen molar-refractivity contribution in [3.63, 3.8) is 0 Å². The summed E-state index contributed by atoms with van der Waals surface area (Å²) >= 11 is 0. The Morgan fingerprint density at radius 1 is 0.614 bits per heavy atom. The highest BCUT2D eigenvalue weighted by Crippen LogP contribution is 2.29. The summed E-state index contributed by atoms with van der Waals surface area (Å²) in [7, 11) is 6.14. The number of hydrogen-bond donors (Lipinski definition) is 2. The maximum absolute atomic E-state index is 13.4. The number of nitrogens with one attached hydrogen (secondary N) is 2. The zero-order chi connectivity index (χ0) is 31.5. The largest absolute Gasteiger partial charge is 0.493 e. The number of ether oxygens (including phenoxy) is 4. The van der Waals surface area contributed by atoms with Gasteiger partial charge in [0.15, 0.2) is 28.8 Å². The molecule has 0 radical (unpaired) electrons. The van der Waals surface area contributed by atoms with Gasteiger partial charge >= 0.3 is 0 Å². The quantitative estimate of drug-likeness (QED) is 0.153. The van der Waals surface area contributed by atoms with Crippen LogP contribution in [0.2, 0.25) is 0 Å². The second kappa shape index (κ2) is 14.9. The minimum atomic E-state index is -0.559. The summed E-state index contributed by atoms with van der Waals surface area (Å²) in [5.74, 6) is 0.915. The topological polar surface area (TPSA) is 112 Å². The number of carbonyl (C=O) groups excluding carboxylic acids is 3. The average molecular weight is 593 g/mol. The van der Waals surface area contributed by atoms with Crippen LogP contribution in [0.1, 0.15) is 31.8 Å². The molecule has 0 atom stereocenters. The number of allylic oxidation sites excluding steroid dienone is 1. The zero-order valence-corrected chi connectivity index (χ0v) is 24.8. The highest BCUT2D eigenvalue weighted by molar-refractivity contribution is 6.11. The van der Waals surface area contributed by atoms with E-state index < -0.39 is 11.8 Å². The van der Waals surface area contributed by atoms with E-state index in [4.69, 9.17) is 18.9 Å². The summed E-state index contributed by atoms with van der Waals surface area (Å²) in [6.45, 7) is 0. The van der Waals surface area contributed by atoms with Crippen LogP contribution in [0.25, 0.3) is 12.2 Å². The molecule has 9 nitrogen and oxygen atoms in total. The number of benzene rings is 4. The molecule has 4 aromatic rings.